The van der Waals surface area contributed by atoms with Gasteiger partial charge in [0.25, 0.3) is 0 Å². The lowest BCUT2D eigenvalue weighted by atomic mass is 9.73. The molecule has 0 radical (unpaired) electrons. The highest BCUT2D eigenvalue weighted by Crippen LogP contribution is 2.49. The largest absolute Gasteiger partial charge is 0.486 e. The van der Waals surface area contributed by atoms with Crippen molar-refractivity contribution in [3.63, 3.8) is 0 Å². The van der Waals surface area contributed by atoms with E-state index in [0.717, 1.165) is 37.5 Å². The Bertz CT molecular complexity index is 706. The summed E-state index contributed by atoms with van der Waals surface area (Å²) in [6.07, 6.45) is 7.25. The van der Waals surface area contributed by atoms with Gasteiger partial charge in [-0.15, -0.1) is 0 Å². The van der Waals surface area contributed by atoms with Crippen molar-refractivity contribution in [1.82, 2.24) is 4.90 Å². The van der Waals surface area contributed by atoms with E-state index in [4.69, 9.17) is 14.2 Å². The summed E-state index contributed by atoms with van der Waals surface area (Å²) < 4.78 is 17.3. The lowest BCUT2D eigenvalue weighted by Gasteiger charge is -2.43. The Morgan fingerprint density at radius 2 is 1.88 bits per heavy atom. The molecule has 140 valence electrons. The van der Waals surface area contributed by atoms with E-state index < -0.39 is 0 Å². The van der Waals surface area contributed by atoms with E-state index in [1.807, 2.05) is 4.90 Å². The molecule has 0 N–H and O–H groups in total. The van der Waals surface area contributed by atoms with Crippen LogP contribution in [0.3, 0.4) is 0 Å². The van der Waals surface area contributed by atoms with Crippen molar-refractivity contribution in [1.29, 1.82) is 0 Å². The summed E-state index contributed by atoms with van der Waals surface area (Å²) in [5.41, 5.74) is 2.68. The van der Waals surface area contributed by atoms with Crippen molar-refractivity contribution >= 4 is 5.91 Å². The minimum Gasteiger partial charge on any atom is -0.486 e. The van der Waals surface area contributed by atoms with Crippen LogP contribution in [-0.2, 0) is 21.5 Å². The Morgan fingerprint density at radius 3 is 2.62 bits per heavy atom. The monoisotopic (exact) mass is 357 g/mol. The van der Waals surface area contributed by atoms with Gasteiger partial charge in [0.15, 0.2) is 11.5 Å². The minimum absolute atomic E-state index is 0.0789. The predicted molar refractivity (Wildman–Crippen MR) is 96.5 cm³/mol. The van der Waals surface area contributed by atoms with Crippen LogP contribution in [0.5, 0.6) is 11.5 Å². The lowest BCUT2D eigenvalue weighted by molar-refractivity contribution is -0.138. The van der Waals surface area contributed by atoms with E-state index in [9.17, 15) is 4.79 Å². The van der Waals surface area contributed by atoms with Crippen molar-refractivity contribution in [2.24, 2.45) is 5.92 Å². The van der Waals surface area contributed by atoms with Gasteiger partial charge < -0.3 is 19.1 Å². The van der Waals surface area contributed by atoms with Gasteiger partial charge >= 0.3 is 0 Å². The normalized spacial score (nSPS) is 23.2. The van der Waals surface area contributed by atoms with Crippen molar-refractivity contribution in [3.05, 3.63) is 23.3 Å². The zero-order valence-corrected chi connectivity index (χ0v) is 15.3. The number of carbonyl (C=O) groups is 1. The number of hydrogen-bond donors (Lipinski definition) is 0. The summed E-state index contributed by atoms with van der Waals surface area (Å²) >= 11 is 0. The molecule has 1 aromatic rings. The summed E-state index contributed by atoms with van der Waals surface area (Å²) in [6, 6.07) is 4.30. The van der Waals surface area contributed by atoms with Crippen molar-refractivity contribution < 1.29 is 19.0 Å². The molecule has 5 nitrogen and oxygen atoms in total. The van der Waals surface area contributed by atoms with Gasteiger partial charge in [-0.25, -0.2) is 0 Å². The molecule has 1 amide bonds. The molecule has 0 saturated heterocycles. The Kier molecular flexibility index (Phi) is 4.07. The van der Waals surface area contributed by atoms with E-state index in [1.165, 1.54) is 36.8 Å². The van der Waals surface area contributed by atoms with Gasteiger partial charge in [0.2, 0.25) is 5.91 Å². The van der Waals surface area contributed by atoms with Crippen LogP contribution in [0, 0.1) is 5.92 Å². The zero-order valence-electron chi connectivity index (χ0n) is 15.3. The second-order valence-corrected chi connectivity index (χ2v) is 8.35. The third kappa shape index (κ3) is 2.96. The van der Waals surface area contributed by atoms with Crippen LogP contribution in [-0.4, -0.2) is 43.8 Å². The maximum absolute atomic E-state index is 12.8. The lowest BCUT2D eigenvalue weighted by Crippen LogP contribution is -2.48. The molecule has 4 aliphatic rings. The number of benzene rings is 1. The topological polar surface area (TPSA) is 48.0 Å². The van der Waals surface area contributed by atoms with Crippen LogP contribution in [0.25, 0.3) is 0 Å². The quantitative estimate of drug-likeness (QED) is 0.831. The van der Waals surface area contributed by atoms with Gasteiger partial charge in [0.05, 0.1) is 6.61 Å². The Labute approximate surface area is 154 Å². The van der Waals surface area contributed by atoms with E-state index in [-0.39, 0.29) is 17.9 Å². The minimum atomic E-state index is 0.0789. The molecule has 1 spiro atoms. The number of rotatable bonds is 4. The Balaban J connectivity index is 1.40. The van der Waals surface area contributed by atoms with E-state index in [0.29, 0.717) is 25.7 Å². The van der Waals surface area contributed by atoms with E-state index in [2.05, 4.69) is 12.1 Å². The van der Waals surface area contributed by atoms with Gasteiger partial charge in [0, 0.05) is 18.5 Å². The van der Waals surface area contributed by atoms with Gasteiger partial charge in [-0.2, -0.15) is 0 Å². The molecular formula is C21H27NO4. The smallest absolute Gasteiger partial charge is 0.248 e. The van der Waals surface area contributed by atoms with Gasteiger partial charge in [-0.05, 0) is 54.9 Å². The number of amides is 1. The average molecular weight is 357 g/mol. The van der Waals surface area contributed by atoms with Gasteiger partial charge in [0.1, 0.15) is 19.8 Å². The SMILES string of the molecule is O=C(COCC1CC1)N1Cc2cc3c(cc2C2(CCCC2)C1)OCCO3. The average Bonchev–Trinajstić information content (AvgIpc) is 3.37. The molecule has 5 rings (SSSR count). The molecule has 0 bridgehead atoms. The molecule has 0 aromatic heterocycles. The van der Waals surface area contributed by atoms with Crippen molar-refractivity contribution in [2.45, 2.75) is 50.5 Å². The fourth-order valence-corrected chi connectivity index (χ4v) is 4.81. The second kappa shape index (κ2) is 6.45. The standard InChI is InChI=1S/C21H27NO4/c23-20(13-24-12-15-3-4-15)22-11-16-9-18-19(26-8-7-25-18)10-17(16)21(14-22)5-1-2-6-21/h9-10,15H,1-8,11-14H2. The maximum Gasteiger partial charge on any atom is 0.248 e. The molecule has 0 atom stereocenters. The second-order valence-electron chi connectivity index (χ2n) is 8.35. The predicted octanol–water partition coefficient (Wildman–Crippen LogP) is 3.04. The molecule has 0 unspecified atom stereocenters. The number of fused-ring (bicyclic) bond motifs is 3. The van der Waals surface area contributed by atoms with E-state index in [1.54, 1.807) is 0 Å². The highest BCUT2D eigenvalue weighted by Gasteiger charge is 2.43. The number of ether oxygens (including phenoxy) is 3. The molecule has 2 aliphatic carbocycles. The first-order chi connectivity index (χ1) is 12.7. The summed E-state index contributed by atoms with van der Waals surface area (Å²) in [4.78, 5) is 14.8. The number of carbonyl (C=O) groups excluding carboxylic acids is 1. The van der Waals surface area contributed by atoms with Crippen LogP contribution in [0.15, 0.2) is 12.1 Å². The molecular weight excluding hydrogens is 330 g/mol. The van der Waals surface area contributed by atoms with Crippen molar-refractivity contribution in [3.8, 4) is 11.5 Å². The van der Waals surface area contributed by atoms with Crippen LogP contribution < -0.4 is 9.47 Å². The summed E-state index contributed by atoms with van der Waals surface area (Å²) in [6.45, 7) is 3.62. The van der Waals surface area contributed by atoms with Crippen LogP contribution in [0.4, 0.5) is 0 Å². The molecule has 2 heterocycles. The summed E-state index contributed by atoms with van der Waals surface area (Å²) in [5, 5.41) is 0. The van der Waals surface area contributed by atoms with Crippen LogP contribution in [0.2, 0.25) is 0 Å². The third-order valence-electron chi connectivity index (χ3n) is 6.38. The highest BCUT2D eigenvalue weighted by atomic mass is 16.6. The molecule has 1 aromatic carbocycles. The fourth-order valence-electron chi connectivity index (χ4n) is 4.81. The van der Waals surface area contributed by atoms with Gasteiger partial charge in [-0.3, -0.25) is 4.79 Å². The first kappa shape index (κ1) is 16.4. The van der Waals surface area contributed by atoms with Crippen LogP contribution >= 0.6 is 0 Å². The van der Waals surface area contributed by atoms with E-state index >= 15 is 0 Å². The van der Waals surface area contributed by atoms with Crippen molar-refractivity contribution in [2.75, 3.05) is 33.0 Å². The molecule has 5 heteroatoms. The number of nitrogens with zero attached hydrogens (tertiary/aromatic N) is 1. The zero-order chi connectivity index (χ0) is 17.6. The Morgan fingerprint density at radius 1 is 1.15 bits per heavy atom. The summed E-state index contributed by atoms with van der Waals surface area (Å²) in [7, 11) is 0. The molecule has 2 fully saturated rings. The van der Waals surface area contributed by atoms with Gasteiger partial charge in [-0.1, -0.05) is 12.8 Å². The molecule has 2 aliphatic heterocycles. The molecule has 26 heavy (non-hydrogen) atoms. The first-order valence-electron chi connectivity index (χ1n) is 10.0. The fraction of sp³-hybridized carbons (Fsp3) is 0.667. The first-order valence-corrected chi connectivity index (χ1v) is 10.0. The maximum atomic E-state index is 12.8. The third-order valence-corrected chi connectivity index (χ3v) is 6.38. The molecule has 2 saturated carbocycles. The van der Waals surface area contributed by atoms with Crippen LogP contribution in [0.1, 0.15) is 49.7 Å². The summed E-state index contributed by atoms with van der Waals surface area (Å²) in [5.74, 6) is 2.50. The highest BCUT2D eigenvalue weighted by molar-refractivity contribution is 5.78. The number of hydrogen-bond acceptors (Lipinski definition) is 4. The Hall–Kier alpha value is -1.75.